The van der Waals surface area contributed by atoms with Gasteiger partial charge in [0.1, 0.15) is 4.90 Å². The van der Waals surface area contributed by atoms with E-state index in [1.807, 2.05) is 0 Å². The number of primary sulfonamides is 1. The number of carboxylic acid groups (broad SMARTS) is 1. The Kier molecular flexibility index (Phi) is 3.36. The van der Waals surface area contributed by atoms with Gasteiger partial charge in [-0.25, -0.2) is 18.4 Å². The van der Waals surface area contributed by atoms with Gasteiger partial charge in [0.15, 0.2) is 5.56 Å². The summed E-state index contributed by atoms with van der Waals surface area (Å²) in [5.74, 6) is -1.78. The Morgan fingerprint density at radius 1 is 1.47 bits per heavy atom. The molecule has 0 spiro atoms. The predicted molar refractivity (Wildman–Crippen MR) is 56.4 cm³/mol. The molecule has 0 fully saturated rings. The fourth-order valence-corrected chi connectivity index (χ4v) is 2.20. The van der Waals surface area contributed by atoms with Gasteiger partial charge in [-0.15, -0.1) is 0 Å². The second kappa shape index (κ2) is 4.28. The van der Waals surface area contributed by atoms with Crippen LogP contribution in [0.4, 0.5) is 5.69 Å². The van der Waals surface area contributed by atoms with Gasteiger partial charge in [0.25, 0.3) is 5.69 Å². The number of nitro groups is 1. The third-order valence-electron chi connectivity index (χ3n) is 1.76. The van der Waals surface area contributed by atoms with Crippen LogP contribution in [0.5, 0.6) is 0 Å². The highest BCUT2D eigenvalue weighted by molar-refractivity contribution is 7.89. The van der Waals surface area contributed by atoms with Crippen molar-refractivity contribution in [3.63, 3.8) is 0 Å². The molecule has 92 valence electrons. The van der Waals surface area contributed by atoms with Crippen molar-refractivity contribution < 1.29 is 23.2 Å². The van der Waals surface area contributed by atoms with Gasteiger partial charge in [0.05, 0.1) is 4.92 Å². The fraction of sp³-hybridized carbons (Fsp3) is 0. The van der Waals surface area contributed by atoms with E-state index < -0.39 is 37.1 Å². The topological polar surface area (TPSA) is 141 Å². The number of sulfonamides is 1. The first-order chi connectivity index (χ1) is 7.64. The summed E-state index contributed by atoms with van der Waals surface area (Å²) in [4.78, 5) is 19.5. The molecule has 1 aromatic carbocycles. The van der Waals surface area contributed by atoms with Crippen LogP contribution in [-0.4, -0.2) is 24.4 Å². The lowest BCUT2D eigenvalue weighted by Gasteiger charge is -2.05. The van der Waals surface area contributed by atoms with E-state index in [1.54, 1.807) is 0 Å². The van der Waals surface area contributed by atoms with E-state index in [2.05, 4.69) is 0 Å². The van der Waals surface area contributed by atoms with E-state index >= 15 is 0 Å². The smallest absolute Gasteiger partial charge is 0.344 e. The molecule has 0 atom stereocenters. The molecule has 1 rings (SSSR count). The number of nitrogens with two attached hydrogens (primary N) is 1. The first-order valence-electron chi connectivity index (χ1n) is 3.88. The molecule has 0 saturated heterocycles. The molecule has 0 bridgehead atoms. The van der Waals surface area contributed by atoms with Crippen molar-refractivity contribution in [2.75, 3.05) is 0 Å². The zero-order valence-electron chi connectivity index (χ0n) is 7.95. The SMILES string of the molecule is NS(=O)(=O)c1cc(Cl)cc([N+](=O)[O-])c1C(=O)O. The summed E-state index contributed by atoms with van der Waals surface area (Å²) in [6, 6.07) is 1.48. The molecule has 0 radical (unpaired) electrons. The lowest BCUT2D eigenvalue weighted by Crippen LogP contribution is -2.18. The first-order valence-corrected chi connectivity index (χ1v) is 5.81. The predicted octanol–water partition coefficient (Wildman–Crippen LogP) is 0.594. The number of aromatic carboxylic acids is 1. The molecule has 0 heterocycles. The lowest BCUT2D eigenvalue weighted by atomic mass is 10.2. The van der Waals surface area contributed by atoms with E-state index in [-0.39, 0.29) is 5.02 Å². The minimum absolute atomic E-state index is 0.300. The van der Waals surface area contributed by atoms with Gasteiger partial charge in [-0.1, -0.05) is 11.6 Å². The van der Waals surface area contributed by atoms with E-state index in [9.17, 15) is 23.3 Å². The standard InChI is InChI=1S/C7H5ClN2O6S/c8-3-1-4(10(13)14)6(7(11)12)5(2-3)17(9,15)16/h1-2H,(H,11,12)(H2,9,15,16). The van der Waals surface area contributed by atoms with Crippen molar-refractivity contribution >= 4 is 33.3 Å². The Morgan fingerprint density at radius 3 is 2.35 bits per heavy atom. The zero-order valence-corrected chi connectivity index (χ0v) is 9.53. The number of hydrogen-bond acceptors (Lipinski definition) is 5. The summed E-state index contributed by atoms with van der Waals surface area (Å²) in [7, 11) is -4.43. The van der Waals surface area contributed by atoms with Gasteiger partial charge in [-0.3, -0.25) is 10.1 Å². The summed E-state index contributed by atoms with van der Waals surface area (Å²) >= 11 is 5.46. The van der Waals surface area contributed by atoms with Crippen LogP contribution in [0.1, 0.15) is 10.4 Å². The lowest BCUT2D eigenvalue weighted by molar-refractivity contribution is -0.385. The average molecular weight is 281 g/mol. The third kappa shape index (κ3) is 2.70. The number of nitrogens with zero attached hydrogens (tertiary/aromatic N) is 1. The van der Waals surface area contributed by atoms with E-state index in [0.29, 0.717) is 0 Å². The monoisotopic (exact) mass is 280 g/mol. The maximum Gasteiger partial charge on any atom is 0.344 e. The summed E-state index contributed by atoms with van der Waals surface area (Å²) in [5, 5.41) is 23.8. The summed E-state index contributed by atoms with van der Waals surface area (Å²) in [6.07, 6.45) is 0. The van der Waals surface area contributed by atoms with Gasteiger partial charge in [0, 0.05) is 11.1 Å². The molecule has 0 saturated carbocycles. The number of benzene rings is 1. The largest absolute Gasteiger partial charge is 0.477 e. The molecule has 0 aromatic heterocycles. The van der Waals surface area contributed by atoms with Gasteiger partial charge in [-0.2, -0.15) is 0 Å². The second-order valence-corrected chi connectivity index (χ2v) is 4.87. The molecule has 3 N–H and O–H groups in total. The van der Waals surface area contributed by atoms with Crippen LogP contribution >= 0.6 is 11.6 Å². The third-order valence-corrected chi connectivity index (χ3v) is 2.92. The first kappa shape index (κ1) is 13.4. The summed E-state index contributed by atoms with van der Waals surface area (Å²) in [5.41, 5.74) is -1.95. The minimum atomic E-state index is -4.43. The average Bonchev–Trinajstić information content (AvgIpc) is 2.14. The van der Waals surface area contributed by atoms with Crippen LogP contribution in [-0.2, 0) is 10.0 Å². The molecular formula is C7H5ClN2O6S. The molecule has 1 aromatic rings. The Bertz CT molecular complexity index is 611. The highest BCUT2D eigenvalue weighted by Crippen LogP contribution is 2.29. The maximum absolute atomic E-state index is 11.1. The Morgan fingerprint density at radius 2 is 2.00 bits per heavy atom. The molecule has 0 unspecified atom stereocenters. The maximum atomic E-state index is 11.1. The van der Waals surface area contributed by atoms with E-state index in [4.69, 9.17) is 21.8 Å². The van der Waals surface area contributed by atoms with Crippen LogP contribution in [0, 0.1) is 10.1 Å². The highest BCUT2D eigenvalue weighted by atomic mass is 35.5. The van der Waals surface area contributed by atoms with Gasteiger partial charge < -0.3 is 5.11 Å². The Balaban J connectivity index is 3.83. The van der Waals surface area contributed by atoms with Crippen molar-refractivity contribution in [3.8, 4) is 0 Å². The number of halogens is 1. The van der Waals surface area contributed by atoms with Crippen molar-refractivity contribution in [2.24, 2.45) is 5.14 Å². The Hall–Kier alpha value is -1.71. The number of rotatable bonds is 3. The van der Waals surface area contributed by atoms with Gasteiger partial charge >= 0.3 is 5.97 Å². The highest BCUT2D eigenvalue weighted by Gasteiger charge is 2.29. The number of nitro benzene ring substituents is 1. The fourth-order valence-electron chi connectivity index (χ4n) is 1.15. The van der Waals surface area contributed by atoms with Crippen molar-refractivity contribution in [1.82, 2.24) is 0 Å². The summed E-state index contributed by atoms with van der Waals surface area (Å²) < 4.78 is 22.2. The molecule has 8 nitrogen and oxygen atoms in total. The zero-order chi connectivity index (χ0) is 13.4. The normalized spacial score (nSPS) is 11.2. The number of carboxylic acids is 1. The van der Waals surface area contributed by atoms with Crippen molar-refractivity contribution in [3.05, 3.63) is 32.8 Å². The van der Waals surface area contributed by atoms with E-state index in [0.717, 1.165) is 12.1 Å². The molecule has 0 amide bonds. The minimum Gasteiger partial charge on any atom is -0.477 e. The van der Waals surface area contributed by atoms with Crippen LogP contribution in [0.2, 0.25) is 5.02 Å². The molecular weight excluding hydrogens is 276 g/mol. The van der Waals surface area contributed by atoms with E-state index in [1.165, 1.54) is 0 Å². The quantitative estimate of drug-likeness (QED) is 0.613. The molecule has 0 aliphatic heterocycles. The van der Waals surface area contributed by atoms with Crippen LogP contribution in [0.25, 0.3) is 0 Å². The molecule has 10 heteroatoms. The molecule has 0 aliphatic rings. The van der Waals surface area contributed by atoms with Crippen LogP contribution in [0.3, 0.4) is 0 Å². The molecule has 17 heavy (non-hydrogen) atoms. The Labute approximate surface area is 99.8 Å². The van der Waals surface area contributed by atoms with Gasteiger partial charge in [-0.05, 0) is 6.07 Å². The summed E-state index contributed by atoms with van der Waals surface area (Å²) in [6.45, 7) is 0. The number of carbonyl (C=O) groups is 1. The van der Waals surface area contributed by atoms with Crippen LogP contribution in [0.15, 0.2) is 17.0 Å². The van der Waals surface area contributed by atoms with Crippen LogP contribution < -0.4 is 5.14 Å². The van der Waals surface area contributed by atoms with Crippen molar-refractivity contribution in [2.45, 2.75) is 4.90 Å². The molecule has 0 aliphatic carbocycles. The van der Waals surface area contributed by atoms with Gasteiger partial charge in [0.2, 0.25) is 10.0 Å². The number of hydrogen-bond donors (Lipinski definition) is 2. The second-order valence-electron chi connectivity index (χ2n) is 2.91. The van der Waals surface area contributed by atoms with Crippen molar-refractivity contribution in [1.29, 1.82) is 0 Å².